The van der Waals surface area contributed by atoms with E-state index in [-0.39, 0.29) is 6.03 Å². The third-order valence-corrected chi connectivity index (χ3v) is 5.74. The summed E-state index contributed by atoms with van der Waals surface area (Å²) in [5, 5.41) is 0.503. The maximum absolute atomic E-state index is 12.6. The summed E-state index contributed by atoms with van der Waals surface area (Å²) in [6.07, 6.45) is 1.03. The Hall–Kier alpha value is -1.20. The number of urea groups is 1. The number of hydrogen-bond acceptors (Lipinski definition) is 3. The Morgan fingerprint density at radius 2 is 1.86 bits per heavy atom. The van der Waals surface area contributed by atoms with E-state index >= 15 is 0 Å². The topological polar surface area (TPSA) is 32.8 Å². The van der Waals surface area contributed by atoms with Crippen molar-refractivity contribution >= 4 is 17.8 Å². The van der Waals surface area contributed by atoms with Crippen molar-refractivity contribution in [3.8, 4) is 0 Å². The van der Waals surface area contributed by atoms with Gasteiger partial charge in [0.2, 0.25) is 0 Å². The molecule has 0 bridgehead atoms. The molecule has 1 aromatic rings. The highest BCUT2D eigenvalue weighted by Gasteiger charge is 2.26. The second kappa shape index (κ2) is 7.38. The molecule has 2 heterocycles. The fraction of sp³-hybridized carbons (Fsp3) is 0.588. The van der Waals surface area contributed by atoms with Gasteiger partial charge in [-0.25, -0.2) is 4.79 Å². The van der Waals surface area contributed by atoms with Crippen molar-refractivity contribution in [1.29, 1.82) is 0 Å². The van der Waals surface area contributed by atoms with Crippen LogP contribution in [0, 0.1) is 6.92 Å². The Labute approximate surface area is 136 Å². The molecule has 4 nitrogen and oxygen atoms in total. The maximum atomic E-state index is 12.6. The Morgan fingerprint density at radius 1 is 1.14 bits per heavy atom. The number of ether oxygens (including phenoxy) is 1. The molecule has 1 unspecified atom stereocenters. The van der Waals surface area contributed by atoms with Crippen LogP contribution < -0.4 is 0 Å². The fourth-order valence-electron chi connectivity index (χ4n) is 3.11. The average molecular weight is 320 g/mol. The van der Waals surface area contributed by atoms with Crippen LogP contribution in [0.4, 0.5) is 4.79 Å². The number of morpholine rings is 1. The van der Waals surface area contributed by atoms with E-state index in [1.807, 2.05) is 21.6 Å². The molecule has 5 heteroatoms. The summed E-state index contributed by atoms with van der Waals surface area (Å²) in [6, 6.07) is 8.80. The molecule has 2 saturated heterocycles. The molecule has 1 atom stereocenters. The van der Waals surface area contributed by atoms with Crippen molar-refractivity contribution in [2.75, 3.05) is 45.1 Å². The summed E-state index contributed by atoms with van der Waals surface area (Å²) in [5.41, 5.74) is 2.78. The highest BCUT2D eigenvalue weighted by atomic mass is 32.2. The minimum atomic E-state index is 0.189. The van der Waals surface area contributed by atoms with E-state index in [0.29, 0.717) is 18.5 Å². The quantitative estimate of drug-likeness (QED) is 0.797. The molecule has 1 aromatic carbocycles. The molecule has 120 valence electrons. The molecule has 2 aliphatic rings. The van der Waals surface area contributed by atoms with Crippen molar-refractivity contribution in [2.45, 2.75) is 18.6 Å². The van der Waals surface area contributed by atoms with Gasteiger partial charge in [-0.15, -0.1) is 0 Å². The van der Waals surface area contributed by atoms with Crippen LogP contribution in [0.1, 0.15) is 22.8 Å². The van der Waals surface area contributed by atoms with Gasteiger partial charge in [-0.05, 0) is 24.5 Å². The van der Waals surface area contributed by atoms with E-state index in [2.05, 4.69) is 31.2 Å². The molecule has 0 spiro atoms. The van der Waals surface area contributed by atoms with Gasteiger partial charge in [-0.2, -0.15) is 11.8 Å². The van der Waals surface area contributed by atoms with Gasteiger partial charge in [0.05, 0.1) is 13.2 Å². The minimum Gasteiger partial charge on any atom is -0.378 e. The Balaban J connectivity index is 1.62. The first-order valence-electron chi connectivity index (χ1n) is 8.04. The molecular formula is C17H24N2O2S. The van der Waals surface area contributed by atoms with Crippen LogP contribution in [0.15, 0.2) is 24.3 Å². The highest BCUT2D eigenvalue weighted by molar-refractivity contribution is 7.99. The first-order valence-corrected chi connectivity index (χ1v) is 9.09. The molecule has 0 radical (unpaired) electrons. The smallest absolute Gasteiger partial charge is 0.320 e. The standard InChI is InChI=1S/C17H24N2O2S/c1-14-4-2-3-5-15(14)16-6-7-18(10-13-22-16)17(20)19-8-11-21-12-9-19/h2-5,16H,6-13H2,1H3. The van der Waals surface area contributed by atoms with Crippen molar-refractivity contribution in [2.24, 2.45) is 0 Å². The molecule has 0 N–H and O–H groups in total. The molecule has 2 aliphatic heterocycles. The van der Waals surface area contributed by atoms with Gasteiger partial charge in [0.1, 0.15) is 0 Å². The second-order valence-corrected chi connectivity index (χ2v) is 7.18. The second-order valence-electron chi connectivity index (χ2n) is 5.87. The number of aryl methyl sites for hydroxylation is 1. The predicted octanol–water partition coefficient (Wildman–Crippen LogP) is 2.93. The molecule has 2 amide bonds. The molecule has 0 aliphatic carbocycles. The zero-order valence-corrected chi connectivity index (χ0v) is 14.0. The number of benzene rings is 1. The van der Waals surface area contributed by atoms with E-state index in [9.17, 15) is 4.79 Å². The number of nitrogens with zero attached hydrogens (tertiary/aromatic N) is 2. The average Bonchev–Trinajstić information content (AvgIpc) is 2.81. The van der Waals surface area contributed by atoms with Gasteiger partial charge in [-0.1, -0.05) is 24.3 Å². The summed E-state index contributed by atoms with van der Waals surface area (Å²) in [6.45, 7) is 6.66. The molecule has 3 rings (SSSR count). The minimum absolute atomic E-state index is 0.189. The summed E-state index contributed by atoms with van der Waals surface area (Å²) in [5.74, 6) is 1.01. The van der Waals surface area contributed by atoms with E-state index in [1.165, 1.54) is 11.1 Å². The lowest BCUT2D eigenvalue weighted by atomic mass is 10.0. The zero-order chi connectivity index (χ0) is 15.4. The van der Waals surface area contributed by atoms with Gasteiger partial charge >= 0.3 is 6.03 Å². The summed E-state index contributed by atoms with van der Waals surface area (Å²) >= 11 is 1.98. The van der Waals surface area contributed by atoms with Gasteiger partial charge in [0, 0.05) is 37.2 Å². The number of carbonyl (C=O) groups is 1. The molecule has 0 aromatic heterocycles. The lowest BCUT2D eigenvalue weighted by molar-refractivity contribution is 0.0438. The number of thioether (sulfide) groups is 1. The molecule has 22 heavy (non-hydrogen) atoms. The number of hydrogen-bond donors (Lipinski definition) is 0. The van der Waals surface area contributed by atoms with Crippen LogP contribution >= 0.6 is 11.8 Å². The van der Waals surface area contributed by atoms with E-state index < -0.39 is 0 Å². The van der Waals surface area contributed by atoms with Crippen LogP contribution in [0.5, 0.6) is 0 Å². The van der Waals surface area contributed by atoms with Crippen molar-refractivity contribution in [3.63, 3.8) is 0 Å². The van der Waals surface area contributed by atoms with Gasteiger partial charge in [-0.3, -0.25) is 0 Å². The molecule has 0 saturated carbocycles. The summed E-state index contributed by atoms with van der Waals surface area (Å²) in [4.78, 5) is 16.6. The molecular weight excluding hydrogens is 296 g/mol. The van der Waals surface area contributed by atoms with Crippen molar-refractivity contribution in [3.05, 3.63) is 35.4 Å². The lowest BCUT2D eigenvalue weighted by Gasteiger charge is -2.32. The Kier molecular flexibility index (Phi) is 5.26. The summed E-state index contributed by atoms with van der Waals surface area (Å²) in [7, 11) is 0. The number of carbonyl (C=O) groups excluding carboxylic acids is 1. The number of amides is 2. The largest absolute Gasteiger partial charge is 0.378 e. The van der Waals surface area contributed by atoms with Crippen LogP contribution in [0.3, 0.4) is 0 Å². The lowest BCUT2D eigenvalue weighted by Crippen LogP contribution is -2.48. The van der Waals surface area contributed by atoms with Crippen LogP contribution in [0.2, 0.25) is 0 Å². The first kappa shape index (κ1) is 15.7. The SMILES string of the molecule is Cc1ccccc1C1CCN(C(=O)N2CCOCC2)CCS1. The zero-order valence-electron chi connectivity index (χ0n) is 13.2. The van der Waals surface area contributed by atoms with Gasteiger partial charge in [0.25, 0.3) is 0 Å². The molecule has 2 fully saturated rings. The van der Waals surface area contributed by atoms with Gasteiger partial charge < -0.3 is 14.5 Å². The highest BCUT2D eigenvalue weighted by Crippen LogP contribution is 2.36. The Bertz CT molecular complexity index is 517. The van der Waals surface area contributed by atoms with Crippen LogP contribution in [-0.2, 0) is 4.74 Å². The normalized spacial score (nSPS) is 23.2. The predicted molar refractivity (Wildman–Crippen MR) is 90.4 cm³/mol. The number of rotatable bonds is 1. The first-order chi connectivity index (χ1) is 10.8. The van der Waals surface area contributed by atoms with E-state index in [0.717, 1.165) is 38.4 Å². The van der Waals surface area contributed by atoms with E-state index in [4.69, 9.17) is 4.74 Å². The Morgan fingerprint density at radius 3 is 2.64 bits per heavy atom. The van der Waals surface area contributed by atoms with Crippen LogP contribution in [-0.4, -0.2) is 61.0 Å². The summed E-state index contributed by atoms with van der Waals surface area (Å²) < 4.78 is 5.33. The van der Waals surface area contributed by atoms with Crippen molar-refractivity contribution in [1.82, 2.24) is 9.80 Å². The monoisotopic (exact) mass is 320 g/mol. The van der Waals surface area contributed by atoms with E-state index in [1.54, 1.807) is 0 Å². The van der Waals surface area contributed by atoms with Crippen LogP contribution in [0.25, 0.3) is 0 Å². The fourth-order valence-corrected chi connectivity index (χ4v) is 4.44. The van der Waals surface area contributed by atoms with Crippen molar-refractivity contribution < 1.29 is 9.53 Å². The third kappa shape index (κ3) is 3.58. The van der Waals surface area contributed by atoms with Gasteiger partial charge in [0.15, 0.2) is 0 Å². The maximum Gasteiger partial charge on any atom is 0.320 e. The third-order valence-electron chi connectivity index (χ3n) is 4.43.